The molecule has 8 nitrogen and oxygen atoms in total. The van der Waals surface area contributed by atoms with Crippen molar-refractivity contribution >= 4 is 21.7 Å². The summed E-state index contributed by atoms with van der Waals surface area (Å²) in [5.74, 6) is -0.0790. The van der Waals surface area contributed by atoms with E-state index in [-0.39, 0.29) is 10.6 Å². The molecular formula is C18H19NO7S. The Balaban J connectivity index is 2.03. The van der Waals surface area contributed by atoms with Crippen LogP contribution in [0.5, 0.6) is 17.2 Å². The monoisotopic (exact) mass is 393 g/mol. The number of fused-ring (bicyclic) bond motifs is 1. The maximum atomic E-state index is 13.1. The van der Waals surface area contributed by atoms with Gasteiger partial charge in [0, 0.05) is 12.1 Å². The number of carboxylic acid groups (broad SMARTS) is 1. The summed E-state index contributed by atoms with van der Waals surface area (Å²) in [6, 6.07) is 10.5. The van der Waals surface area contributed by atoms with Gasteiger partial charge < -0.3 is 19.3 Å². The zero-order valence-electron chi connectivity index (χ0n) is 14.6. The highest BCUT2D eigenvalue weighted by Crippen LogP contribution is 2.34. The van der Waals surface area contributed by atoms with Crippen LogP contribution < -0.4 is 18.5 Å². The molecule has 0 saturated heterocycles. The van der Waals surface area contributed by atoms with Crippen molar-refractivity contribution in [2.45, 2.75) is 11.8 Å². The van der Waals surface area contributed by atoms with Crippen molar-refractivity contribution in [2.75, 3.05) is 30.7 Å². The number of nitrogens with zero attached hydrogens (tertiary/aromatic N) is 1. The number of carboxylic acids is 1. The fourth-order valence-electron chi connectivity index (χ4n) is 2.64. The van der Waals surface area contributed by atoms with Crippen molar-refractivity contribution in [2.24, 2.45) is 0 Å². The van der Waals surface area contributed by atoms with Crippen molar-refractivity contribution in [3.05, 3.63) is 42.5 Å². The second-order valence-corrected chi connectivity index (χ2v) is 7.50. The summed E-state index contributed by atoms with van der Waals surface area (Å²) in [7, 11) is -4.15. The minimum Gasteiger partial charge on any atom is -0.494 e. The molecule has 0 aromatic heterocycles. The number of benzene rings is 2. The topological polar surface area (TPSA) is 102 Å². The Hall–Kier alpha value is -2.94. The Morgan fingerprint density at radius 1 is 1.15 bits per heavy atom. The number of sulfonamides is 1. The van der Waals surface area contributed by atoms with E-state index in [0.29, 0.717) is 37.1 Å². The van der Waals surface area contributed by atoms with Crippen molar-refractivity contribution < 1.29 is 32.5 Å². The summed E-state index contributed by atoms with van der Waals surface area (Å²) in [6.45, 7) is 2.16. The molecule has 0 amide bonds. The van der Waals surface area contributed by atoms with E-state index in [9.17, 15) is 18.3 Å². The lowest BCUT2D eigenvalue weighted by Gasteiger charge is -2.24. The molecular weight excluding hydrogens is 374 g/mol. The summed E-state index contributed by atoms with van der Waals surface area (Å²) in [6.07, 6.45) is 0. The van der Waals surface area contributed by atoms with Crippen molar-refractivity contribution in [1.82, 2.24) is 0 Å². The molecule has 0 aliphatic carbocycles. The van der Waals surface area contributed by atoms with Crippen LogP contribution in [0.25, 0.3) is 0 Å². The third-order valence-electron chi connectivity index (χ3n) is 3.80. The molecule has 144 valence electrons. The summed E-state index contributed by atoms with van der Waals surface area (Å²) in [5, 5.41) is 9.24. The van der Waals surface area contributed by atoms with Crippen LogP contribution in [-0.4, -0.2) is 45.9 Å². The highest BCUT2D eigenvalue weighted by Gasteiger charge is 2.29. The Morgan fingerprint density at radius 3 is 2.59 bits per heavy atom. The maximum Gasteiger partial charge on any atom is 0.324 e. The van der Waals surface area contributed by atoms with Crippen LogP contribution in [0.2, 0.25) is 0 Å². The Morgan fingerprint density at radius 2 is 1.89 bits per heavy atom. The lowest BCUT2D eigenvalue weighted by atomic mass is 10.3. The zero-order chi connectivity index (χ0) is 19.4. The molecule has 0 bridgehead atoms. The SMILES string of the molecule is CCOc1cccc(N(CC(=O)O)S(=O)(=O)c2ccc3c(c2)OCCO3)c1. The van der Waals surface area contributed by atoms with Crippen LogP contribution in [0, 0.1) is 0 Å². The highest BCUT2D eigenvalue weighted by molar-refractivity contribution is 7.92. The van der Waals surface area contributed by atoms with Gasteiger partial charge in [-0.3, -0.25) is 9.10 Å². The molecule has 0 atom stereocenters. The number of rotatable bonds is 7. The van der Waals surface area contributed by atoms with Crippen molar-refractivity contribution in [3.63, 3.8) is 0 Å². The van der Waals surface area contributed by atoms with Crippen LogP contribution in [0.15, 0.2) is 47.4 Å². The average Bonchev–Trinajstić information content (AvgIpc) is 2.66. The van der Waals surface area contributed by atoms with Gasteiger partial charge in [0.2, 0.25) is 0 Å². The number of hydrogen-bond acceptors (Lipinski definition) is 6. The highest BCUT2D eigenvalue weighted by atomic mass is 32.2. The van der Waals surface area contributed by atoms with Gasteiger partial charge in [0.05, 0.1) is 17.2 Å². The van der Waals surface area contributed by atoms with Crippen LogP contribution in [0.3, 0.4) is 0 Å². The van der Waals surface area contributed by atoms with E-state index in [1.54, 1.807) is 19.1 Å². The number of anilines is 1. The average molecular weight is 393 g/mol. The van der Waals surface area contributed by atoms with E-state index in [0.717, 1.165) is 4.31 Å². The summed E-state index contributed by atoms with van der Waals surface area (Å²) >= 11 is 0. The van der Waals surface area contributed by atoms with E-state index in [1.165, 1.54) is 30.3 Å². The number of ether oxygens (including phenoxy) is 3. The lowest BCUT2D eigenvalue weighted by molar-refractivity contribution is -0.135. The molecule has 0 spiro atoms. The third-order valence-corrected chi connectivity index (χ3v) is 5.57. The molecule has 1 heterocycles. The first kappa shape index (κ1) is 18.8. The van der Waals surface area contributed by atoms with Gasteiger partial charge in [-0.05, 0) is 31.2 Å². The Labute approximate surface area is 156 Å². The lowest BCUT2D eigenvalue weighted by Crippen LogP contribution is -2.35. The quantitative estimate of drug-likeness (QED) is 0.769. The first-order valence-electron chi connectivity index (χ1n) is 8.29. The van der Waals surface area contributed by atoms with Crippen LogP contribution in [-0.2, 0) is 14.8 Å². The minimum absolute atomic E-state index is 0.0881. The van der Waals surface area contributed by atoms with Gasteiger partial charge in [0.25, 0.3) is 10.0 Å². The second-order valence-electron chi connectivity index (χ2n) is 5.64. The van der Waals surface area contributed by atoms with E-state index >= 15 is 0 Å². The summed E-state index contributed by atoms with van der Waals surface area (Å²) in [5.41, 5.74) is 0.193. The summed E-state index contributed by atoms with van der Waals surface area (Å²) < 4.78 is 43.3. The van der Waals surface area contributed by atoms with E-state index in [1.807, 2.05) is 0 Å². The zero-order valence-corrected chi connectivity index (χ0v) is 15.4. The standard InChI is InChI=1S/C18H19NO7S/c1-2-24-14-5-3-4-13(10-14)19(12-18(20)21)27(22,23)15-6-7-16-17(11-15)26-9-8-25-16/h3-7,10-11H,2,8-9,12H2,1H3,(H,20,21). The fraction of sp³-hybridized carbons (Fsp3) is 0.278. The van der Waals surface area contributed by atoms with Gasteiger partial charge in [-0.15, -0.1) is 0 Å². The number of carbonyl (C=O) groups is 1. The summed E-state index contributed by atoms with van der Waals surface area (Å²) in [4.78, 5) is 11.2. The van der Waals surface area contributed by atoms with Gasteiger partial charge in [0.1, 0.15) is 25.5 Å². The number of aliphatic carboxylic acids is 1. The predicted molar refractivity (Wildman–Crippen MR) is 97.2 cm³/mol. The van der Waals surface area contributed by atoms with Crippen LogP contribution in [0.4, 0.5) is 5.69 Å². The van der Waals surface area contributed by atoms with Crippen molar-refractivity contribution in [1.29, 1.82) is 0 Å². The first-order valence-corrected chi connectivity index (χ1v) is 9.73. The van der Waals surface area contributed by atoms with Gasteiger partial charge in [-0.25, -0.2) is 8.42 Å². The molecule has 2 aromatic rings. The van der Waals surface area contributed by atoms with Crippen molar-refractivity contribution in [3.8, 4) is 17.2 Å². The fourth-order valence-corrected chi connectivity index (χ4v) is 4.07. The Bertz CT molecular complexity index is 942. The molecule has 3 rings (SSSR count). The molecule has 27 heavy (non-hydrogen) atoms. The normalized spacial score (nSPS) is 13.1. The largest absolute Gasteiger partial charge is 0.494 e. The van der Waals surface area contributed by atoms with Gasteiger partial charge >= 0.3 is 5.97 Å². The second kappa shape index (κ2) is 7.75. The number of hydrogen-bond donors (Lipinski definition) is 1. The molecule has 1 aliphatic heterocycles. The first-order chi connectivity index (χ1) is 12.9. The molecule has 0 saturated carbocycles. The minimum atomic E-state index is -4.15. The maximum absolute atomic E-state index is 13.1. The van der Waals surface area contributed by atoms with E-state index in [2.05, 4.69) is 0 Å². The molecule has 9 heteroatoms. The molecule has 0 radical (unpaired) electrons. The molecule has 1 N–H and O–H groups in total. The molecule has 2 aromatic carbocycles. The van der Waals surface area contributed by atoms with Gasteiger partial charge in [-0.1, -0.05) is 6.07 Å². The predicted octanol–water partition coefficient (Wildman–Crippen LogP) is 2.14. The molecule has 0 unspecified atom stereocenters. The van der Waals surface area contributed by atoms with Crippen LogP contribution in [0.1, 0.15) is 6.92 Å². The van der Waals surface area contributed by atoms with E-state index in [4.69, 9.17) is 14.2 Å². The van der Waals surface area contributed by atoms with E-state index < -0.39 is 22.5 Å². The molecule has 0 fully saturated rings. The Kier molecular flexibility index (Phi) is 5.41. The van der Waals surface area contributed by atoms with Gasteiger partial charge in [-0.2, -0.15) is 0 Å². The molecule has 1 aliphatic rings. The smallest absolute Gasteiger partial charge is 0.324 e. The van der Waals surface area contributed by atoms with Gasteiger partial charge in [0.15, 0.2) is 11.5 Å². The third kappa shape index (κ3) is 4.08. The van der Waals surface area contributed by atoms with Crippen LogP contribution >= 0.6 is 0 Å².